The molecule has 1 amide bonds. The number of carbonyl (C=O) groups excluding carboxylic acids is 2. The van der Waals surface area contributed by atoms with Crippen LogP contribution in [0, 0.1) is 0 Å². The van der Waals surface area contributed by atoms with Gasteiger partial charge in [0.05, 0.1) is 7.11 Å². The Labute approximate surface area is 127 Å². The molecule has 1 saturated heterocycles. The maximum Gasteiger partial charge on any atom is 0.411 e. The van der Waals surface area contributed by atoms with Gasteiger partial charge in [0.2, 0.25) is 0 Å². The number of likely N-dealkylation sites (tertiary alicyclic amines) is 1. The van der Waals surface area contributed by atoms with Crippen LogP contribution in [0.5, 0.6) is 0 Å². The summed E-state index contributed by atoms with van der Waals surface area (Å²) in [4.78, 5) is 26.3. The van der Waals surface area contributed by atoms with Crippen molar-refractivity contribution in [3.8, 4) is 0 Å². The van der Waals surface area contributed by atoms with Gasteiger partial charge in [-0.25, -0.2) is 9.59 Å². The van der Waals surface area contributed by atoms with Crippen molar-refractivity contribution >= 4 is 12.1 Å². The maximum absolute atomic E-state index is 12.4. The van der Waals surface area contributed by atoms with Gasteiger partial charge in [0.25, 0.3) is 0 Å². The van der Waals surface area contributed by atoms with Crippen LogP contribution in [-0.4, -0.2) is 41.8 Å². The van der Waals surface area contributed by atoms with Crippen molar-refractivity contribution in [3.05, 3.63) is 12.7 Å². The first-order valence-electron chi connectivity index (χ1n) is 7.47. The second-order valence-corrected chi connectivity index (χ2v) is 6.44. The summed E-state index contributed by atoms with van der Waals surface area (Å²) in [5.74, 6) is -0.352. The van der Waals surface area contributed by atoms with Gasteiger partial charge in [-0.05, 0) is 52.9 Å². The highest BCUT2D eigenvalue weighted by atomic mass is 16.6. The zero-order valence-electron chi connectivity index (χ0n) is 13.6. The first kappa shape index (κ1) is 17.5. The van der Waals surface area contributed by atoms with Crippen molar-refractivity contribution in [1.82, 2.24) is 4.90 Å². The summed E-state index contributed by atoms with van der Waals surface area (Å²) < 4.78 is 10.4. The molecule has 5 heteroatoms. The quantitative estimate of drug-likeness (QED) is 0.444. The number of hydrogen-bond donors (Lipinski definition) is 0. The maximum atomic E-state index is 12.4. The highest BCUT2D eigenvalue weighted by Crippen LogP contribution is 2.36. The molecule has 0 N–H and O–H groups in total. The molecular formula is C16H27NO4. The van der Waals surface area contributed by atoms with Gasteiger partial charge in [0, 0.05) is 6.54 Å². The van der Waals surface area contributed by atoms with Crippen LogP contribution in [0.2, 0.25) is 0 Å². The minimum absolute atomic E-state index is 0.352. The summed E-state index contributed by atoms with van der Waals surface area (Å²) in [5.41, 5.74) is -1.47. The molecule has 0 radical (unpaired) electrons. The molecular weight excluding hydrogens is 270 g/mol. The first-order valence-corrected chi connectivity index (χ1v) is 7.47. The number of carbonyl (C=O) groups is 2. The summed E-state index contributed by atoms with van der Waals surface area (Å²) in [7, 11) is 1.36. The van der Waals surface area contributed by atoms with E-state index in [1.807, 2.05) is 26.8 Å². The van der Waals surface area contributed by atoms with Crippen LogP contribution in [0.25, 0.3) is 0 Å². The zero-order chi connectivity index (χ0) is 16.1. The lowest BCUT2D eigenvalue weighted by atomic mass is 9.89. The van der Waals surface area contributed by atoms with E-state index in [1.165, 1.54) is 7.11 Å². The number of unbranched alkanes of at least 4 members (excludes halogenated alkanes) is 1. The molecule has 1 unspecified atom stereocenters. The van der Waals surface area contributed by atoms with Crippen molar-refractivity contribution in [3.63, 3.8) is 0 Å². The number of esters is 1. The normalized spacial score (nSPS) is 22.0. The summed E-state index contributed by atoms with van der Waals surface area (Å²) >= 11 is 0. The molecule has 0 aromatic heterocycles. The number of amides is 1. The molecule has 5 nitrogen and oxygen atoms in total. The van der Waals surface area contributed by atoms with E-state index in [0.29, 0.717) is 19.4 Å². The van der Waals surface area contributed by atoms with Gasteiger partial charge in [-0.15, -0.1) is 6.58 Å². The Morgan fingerprint density at radius 1 is 1.38 bits per heavy atom. The highest BCUT2D eigenvalue weighted by molar-refractivity contribution is 5.86. The molecule has 0 aromatic rings. The average Bonchev–Trinajstić information content (AvgIpc) is 2.81. The molecule has 0 bridgehead atoms. The van der Waals surface area contributed by atoms with Gasteiger partial charge in [-0.1, -0.05) is 6.08 Å². The standard InChI is InChI=1S/C16H27NO4/c1-6-7-8-10-16(13(18)20-5)11-9-12-17(16)14(19)21-15(2,3)4/h6H,1,7-12H2,2-5H3. The number of ether oxygens (including phenoxy) is 2. The van der Waals surface area contributed by atoms with Gasteiger partial charge in [0.1, 0.15) is 11.1 Å². The molecule has 1 aliphatic rings. The SMILES string of the molecule is C=CCCCC1(C(=O)OC)CCCN1C(=O)OC(C)(C)C. The van der Waals surface area contributed by atoms with Gasteiger partial charge in [-0.3, -0.25) is 4.90 Å². The molecule has 21 heavy (non-hydrogen) atoms. The summed E-state index contributed by atoms with van der Waals surface area (Å²) in [6, 6.07) is 0. The van der Waals surface area contributed by atoms with Crippen LogP contribution in [0.1, 0.15) is 52.9 Å². The zero-order valence-corrected chi connectivity index (χ0v) is 13.6. The molecule has 0 aromatic carbocycles. The summed E-state index contributed by atoms with van der Waals surface area (Å²) in [6.45, 7) is 9.67. The largest absolute Gasteiger partial charge is 0.467 e. The van der Waals surface area contributed by atoms with E-state index < -0.39 is 17.2 Å². The van der Waals surface area contributed by atoms with E-state index in [9.17, 15) is 9.59 Å². The molecule has 0 aliphatic carbocycles. The van der Waals surface area contributed by atoms with Crippen LogP contribution in [-0.2, 0) is 14.3 Å². The number of nitrogens with zero attached hydrogens (tertiary/aromatic N) is 1. The number of hydrogen-bond acceptors (Lipinski definition) is 4. The second kappa shape index (κ2) is 6.96. The first-order chi connectivity index (χ1) is 9.77. The third-order valence-electron chi connectivity index (χ3n) is 3.67. The minimum atomic E-state index is -0.889. The Bertz CT molecular complexity index is 400. The average molecular weight is 297 g/mol. The van der Waals surface area contributed by atoms with Gasteiger partial charge in [-0.2, -0.15) is 0 Å². The van der Waals surface area contributed by atoms with Crippen LogP contribution >= 0.6 is 0 Å². The lowest BCUT2D eigenvalue weighted by Gasteiger charge is -2.36. The van der Waals surface area contributed by atoms with E-state index in [-0.39, 0.29) is 5.97 Å². The highest BCUT2D eigenvalue weighted by Gasteiger charge is 2.51. The van der Waals surface area contributed by atoms with Gasteiger partial charge in [0.15, 0.2) is 0 Å². The predicted octanol–water partition coefficient (Wildman–Crippen LogP) is 3.29. The monoisotopic (exact) mass is 297 g/mol. The van der Waals surface area contributed by atoms with E-state index in [0.717, 1.165) is 19.3 Å². The third kappa shape index (κ3) is 4.22. The minimum Gasteiger partial charge on any atom is -0.467 e. The smallest absolute Gasteiger partial charge is 0.411 e. The summed E-state index contributed by atoms with van der Waals surface area (Å²) in [5, 5.41) is 0. The molecule has 1 aliphatic heterocycles. The molecule has 0 spiro atoms. The molecule has 0 saturated carbocycles. The van der Waals surface area contributed by atoms with E-state index in [2.05, 4.69) is 6.58 Å². The summed E-state index contributed by atoms with van der Waals surface area (Å²) in [6.07, 6.45) is 4.95. The Morgan fingerprint density at radius 2 is 2.05 bits per heavy atom. The number of rotatable bonds is 5. The van der Waals surface area contributed by atoms with Gasteiger partial charge >= 0.3 is 12.1 Å². The van der Waals surface area contributed by atoms with Crippen LogP contribution in [0.3, 0.4) is 0 Å². The Kier molecular flexibility index (Phi) is 5.81. The van der Waals surface area contributed by atoms with E-state index >= 15 is 0 Å². The van der Waals surface area contributed by atoms with Crippen LogP contribution in [0.15, 0.2) is 12.7 Å². The molecule has 1 rings (SSSR count). The fourth-order valence-corrected chi connectivity index (χ4v) is 2.76. The fourth-order valence-electron chi connectivity index (χ4n) is 2.76. The topological polar surface area (TPSA) is 55.8 Å². The van der Waals surface area contributed by atoms with E-state index in [4.69, 9.17) is 9.47 Å². The Hall–Kier alpha value is -1.52. The molecule has 1 fully saturated rings. The lowest BCUT2D eigenvalue weighted by molar-refractivity contribution is -0.153. The third-order valence-corrected chi connectivity index (χ3v) is 3.67. The van der Waals surface area contributed by atoms with E-state index in [1.54, 1.807) is 4.90 Å². The van der Waals surface area contributed by atoms with Crippen molar-refractivity contribution in [2.75, 3.05) is 13.7 Å². The van der Waals surface area contributed by atoms with Crippen molar-refractivity contribution < 1.29 is 19.1 Å². The number of methoxy groups -OCH3 is 1. The Morgan fingerprint density at radius 3 is 2.57 bits per heavy atom. The Balaban J connectivity index is 2.95. The van der Waals surface area contributed by atoms with Crippen molar-refractivity contribution in [2.45, 2.75) is 64.0 Å². The van der Waals surface area contributed by atoms with Crippen LogP contribution in [0.4, 0.5) is 4.79 Å². The number of allylic oxidation sites excluding steroid dienone is 1. The molecule has 120 valence electrons. The van der Waals surface area contributed by atoms with Crippen LogP contribution < -0.4 is 0 Å². The predicted molar refractivity (Wildman–Crippen MR) is 81.0 cm³/mol. The van der Waals surface area contributed by atoms with Gasteiger partial charge < -0.3 is 9.47 Å². The second-order valence-electron chi connectivity index (χ2n) is 6.44. The molecule has 1 atom stereocenters. The van der Waals surface area contributed by atoms with Crippen molar-refractivity contribution in [1.29, 1.82) is 0 Å². The van der Waals surface area contributed by atoms with Crippen molar-refractivity contribution in [2.24, 2.45) is 0 Å². The molecule has 1 heterocycles. The lowest BCUT2D eigenvalue weighted by Crippen LogP contribution is -2.54. The fraction of sp³-hybridized carbons (Fsp3) is 0.750.